The maximum Gasteiger partial charge on any atom is 0.0410 e. The SMILES string of the molecule is CC(C)(CBr)Cc1cncc(Br)c1. The number of pyridine rings is 1. The van der Waals surface area contributed by atoms with Crippen molar-refractivity contribution in [2.75, 3.05) is 5.33 Å². The van der Waals surface area contributed by atoms with E-state index in [9.17, 15) is 0 Å². The normalized spacial score (nSPS) is 11.7. The molecule has 0 aliphatic carbocycles. The number of hydrogen-bond donors (Lipinski definition) is 0. The fourth-order valence-corrected chi connectivity index (χ4v) is 1.76. The second kappa shape index (κ2) is 4.56. The monoisotopic (exact) mass is 305 g/mol. The Labute approximate surface area is 96.2 Å². The van der Waals surface area contributed by atoms with Gasteiger partial charge in [0.25, 0.3) is 0 Å². The van der Waals surface area contributed by atoms with Gasteiger partial charge in [-0.05, 0) is 39.4 Å². The highest BCUT2D eigenvalue weighted by Gasteiger charge is 2.16. The van der Waals surface area contributed by atoms with Gasteiger partial charge in [-0.25, -0.2) is 0 Å². The van der Waals surface area contributed by atoms with Gasteiger partial charge in [-0.1, -0.05) is 29.8 Å². The molecule has 0 saturated heterocycles. The number of rotatable bonds is 3. The summed E-state index contributed by atoms with van der Waals surface area (Å²) in [5.74, 6) is 0. The molecular formula is C10H13Br2N. The first-order valence-corrected chi connectivity index (χ1v) is 6.10. The van der Waals surface area contributed by atoms with Crippen molar-refractivity contribution in [2.24, 2.45) is 5.41 Å². The van der Waals surface area contributed by atoms with Crippen molar-refractivity contribution in [3.05, 3.63) is 28.5 Å². The molecule has 0 bridgehead atoms. The molecule has 0 unspecified atom stereocenters. The van der Waals surface area contributed by atoms with E-state index in [1.54, 1.807) is 0 Å². The van der Waals surface area contributed by atoms with Crippen molar-refractivity contribution in [2.45, 2.75) is 20.3 Å². The third-order valence-electron chi connectivity index (χ3n) is 1.81. The van der Waals surface area contributed by atoms with Crippen LogP contribution in [0, 0.1) is 5.41 Å². The molecule has 0 radical (unpaired) electrons. The van der Waals surface area contributed by atoms with Crippen LogP contribution in [0.2, 0.25) is 0 Å². The highest BCUT2D eigenvalue weighted by molar-refractivity contribution is 9.10. The minimum Gasteiger partial charge on any atom is -0.263 e. The Morgan fingerprint density at radius 1 is 1.38 bits per heavy atom. The molecule has 0 amide bonds. The van der Waals surface area contributed by atoms with E-state index in [2.05, 4.69) is 56.8 Å². The maximum absolute atomic E-state index is 4.14. The Hall–Kier alpha value is 0.110. The summed E-state index contributed by atoms with van der Waals surface area (Å²) in [6.07, 6.45) is 4.78. The molecule has 1 heterocycles. The van der Waals surface area contributed by atoms with E-state index in [4.69, 9.17) is 0 Å². The average molecular weight is 307 g/mol. The quantitative estimate of drug-likeness (QED) is 0.774. The molecule has 0 saturated carbocycles. The van der Waals surface area contributed by atoms with Crippen molar-refractivity contribution in [1.82, 2.24) is 4.98 Å². The summed E-state index contributed by atoms with van der Waals surface area (Å²) in [4.78, 5) is 4.14. The fraction of sp³-hybridized carbons (Fsp3) is 0.500. The third-order valence-corrected chi connectivity index (χ3v) is 3.76. The van der Waals surface area contributed by atoms with Crippen molar-refractivity contribution in [3.8, 4) is 0 Å². The van der Waals surface area contributed by atoms with Gasteiger partial charge in [0.05, 0.1) is 0 Å². The summed E-state index contributed by atoms with van der Waals surface area (Å²) < 4.78 is 1.05. The zero-order chi connectivity index (χ0) is 9.90. The largest absolute Gasteiger partial charge is 0.263 e. The van der Waals surface area contributed by atoms with Crippen molar-refractivity contribution >= 4 is 31.9 Å². The Morgan fingerprint density at radius 2 is 2.08 bits per heavy atom. The number of halogens is 2. The van der Waals surface area contributed by atoms with Gasteiger partial charge in [0, 0.05) is 22.2 Å². The van der Waals surface area contributed by atoms with Crippen LogP contribution in [0.5, 0.6) is 0 Å². The molecule has 1 aromatic heterocycles. The first-order valence-electron chi connectivity index (χ1n) is 4.19. The van der Waals surface area contributed by atoms with Gasteiger partial charge in [0.15, 0.2) is 0 Å². The molecule has 1 rings (SSSR count). The molecule has 1 aromatic rings. The lowest BCUT2D eigenvalue weighted by Crippen LogP contribution is -2.16. The van der Waals surface area contributed by atoms with Crippen LogP contribution >= 0.6 is 31.9 Å². The molecule has 0 N–H and O–H groups in total. The van der Waals surface area contributed by atoms with Crippen LogP contribution in [0.15, 0.2) is 22.9 Å². The number of nitrogens with zero attached hydrogens (tertiary/aromatic N) is 1. The molecule has 0 aliphatic rings. The van der Waals surface area contributed by atoms with Gasteiger partial charge in [-0.3, -0.25) is 4.98 Å². The molecular weight excluding hydrogens is 294 g/mol. The summed E-state index contributed by atoms with van der Waals surface area (Å²) >= 11 is 6.93. The van der Waals surface area contributed by atoms with Gasteiger partial charge < -0.3 is 0 Å². The molecule has 0 aromatic carbocycles. The van der Waals surface area contributed by atoms with E-state index in [1.165, 1.54) is 5.56 Å². The number of aromatic nitrogens is 1. The average Bonchev–Trinajstić information content (AvgIpc) is 2.03. The van der Waals surface area contributed by atoms with E-state index in [0.29, 0.717) is 5.41 Å². The molecule has 3 heteroatoms. The van der Waals surface area contributed by atoms with Gasteiger partial charge in [-0.15, -0.1) is 0 Å². The van der Waals surface area contributed by atoms with Crippen molar-refractivity contribution in [1.29, 1.82) is 0 Å². The van der Waals surface area contributed by atoms with Crippen LogP contribution in [-0.4, -0.2) is 10.3 Å². The molecule has 1 nitrogen and oxygen atoms in total. The zero-order valence-corrected chi connectivity index (χ0v) is 11.0. The van der Waals surface area contributed by atoms with E-state index in [-0.39, 0.29) is 0 Å². The lowest BCUT2D eigenvalue weighted by molar-refractivity contribution is 0.424. The van der Waals surface area contributed by atoms with E-state index in [0.717, 1.165) is 16.2 Å². The molecule has 0 aliphatic heterocycles. The van der Waals surface area contributed by atoms with Crippen molar-refractivity contribution < 1.29 is 0 Å². The lowest BCUT2D eigenvalue weighted by atomic mass is 9.89. The highest BCUT2D eigenvalue weighted by atomic mass is 79.9. The molecule has 72 valence electrons. The summed E-state index contributed by atoms with van der Waals surface area (Å²) in [5.41, 5.74) is 1.57. The Kier molecular flexibility index (Phi) is 3.92. The predicted octanol–water partition coefficient (Wildman–Crippen LogP) is 3.81. The number of hydrogen-bond acceptors (Lipinski definition) is 1. The smallest absolute Gasteiger partial charge is 0.0410 e. The topological polar surface area (TPSA) is 12.9 Å². The second-order valence-corrected chi connectivity index (χ2v) is 5.46. The Bertz CT molecular complexity index is 284. The minimum absolute atomic E-state index is 0.294. The van der Waals surface area contributed by atoms with E-state index < -0.39 is 0 Å². The first-order chi connectivity index (χ1) is 6.03. The summed E-state index contributed by atoms with van der Waals surface area (Å²) in [6, 6.07) is 2.12. The summed E-state index contributed by atoms with van der Waals surface area (Å²) in [5, 5.41) is 1.01. The second-order valence-electron chi connectivity index (χ2n) is 3.99. The summed E-state index contributed by atoms with van der Waals surface area (Å²) in [7, 11) is 0. The van der Waals surface area contributed by atoms with Gasteiger partial charge in [0.1, 0.15) is 0 Å². The molecule has 0 spiro atoms. The fourth-order valence-electron chi connectivity index (χ4n) is 1.15. The van der Waals surface area contributed by atoms with Crippen LogP contribution in [0.25, 0.3) is 0 Å². The van der Waals surface area contributed by atoms with Crippen molar-refractivity contribution in [3.63, 3.8) is 0 Å². The van der Waals surface area contributed by atoms with Gasteiger partial charge in [0.2, 0.25) is 0 Å². The van der Waals surface area contributed by atoms with E-state index >= 15 is 0 Å². The molecule has 13 heavy (non-hydrogen) atoms. The summed E-state index contributed by atoms with van der Waals surface area (Å²) in [6.45, 7) is 4.48. The molecule has 0 fully saturated rings. The van der Waals surface area contributed by atoms with Gasteiger partial charge >= 0.3 is 0 Å². The molecule has 0 atom stereocenters. The van der Waals surface area contributed by atoms with Crippen LogP contribution in [-0.2, 0) is 6.42 Å². The van der Waals surface area contributed by atoms with Crippen LogP contribution < -0.4 is 0 Å². The zero-order valence-electron chi connectivity index (χ0n) is 7.85. The standard InChI is InChI=1S/C10H13Br2N/c1-10(2,7-11)4-8-3-9(12)6-13-5-8/h3,5-6H,4,7H2,1-2H3. The highest BCUT2D eigenvalue weighted by Crippen LogP contribution is 2.24. The van der Waals surface area contributed by atoms with Crippen LogP contribution in [0.4, 0.5) is 0 Å². The third kappa shape index (κ3) is 3.77. The predicted molar refractivity (Wildman–Crippen MR) is 63.2 cm³/mol. The maximum atomic E-state index is 4.14. The van der Waals surface area contributed by atoms with Gasteiger partial charge in [-0.2, -0.15) is 0 Å². The first kappa shape index (κ1) is 11.2. The van der Waals surface area contributed by atoms with E-state index in [1.807, 2.05) is 12.4 Å². The Morgan fingerprint density at radius 3 is 2.62 bits per heavy atom. The minimum atomic E-state index is 0.294. The Balaban J connectivity index is 2.74. The van der Waals surface area contributed by atoms with Crippen LogP contribution in [0.1, 0.15) is 19.4 Å². The number of alkyl halides is 1. The van der Waals surface area contributed by atoms with Crippen LogP contribution in [0.3, 0.4) is 0 Å². The lowest BCUT2D eigenvalue weighted by Gasteiger charge is -2.21.